The lowest BCUT2D eigenvalue weighted by atomic mass is 10.2. The van der Waals surface area contributed by atoms with Crippen LogP contribution >= 0.6 is 11.8 Å². The van der Waals surface area contributed by atoms with Crippen LogP contribution in [0.3, 0.4) is 0 Å². The third kappa shape index (κ3) is 5.06. The molecule has 3 aromatic rings. The van der Waals surface area contributed by atoms with Gasteiger partial charge in [-0.15, -0.1) is 0 Å². The van der Waals surface area contributed by atoms with Crippen LogP contribution in [0.1, 0.15) is 28.3 Å². The van der Waals surface area contributed by atoms with Crippen LogP contribution in [-0.2, 0) is 21.8 Å². The van der Waals surface area contributed by atoms with Crippen LogP contribution in [-0.4, -0.2) is 60.4 Å². The van der Waals surface area contributed by atoms with Crippen molar-refractivity contribution in [3.8, 4) is 0 Å². The van der Waals surface area contributed by atoms with Gasteiger partial charge in [-0.2, -0.15) is 0 Å². The number of thioether (sulfide) groups is 1. The number of aromatic nitrogens is 2. The Bertz CT molecular complexity index is 1150. The maximum atomic E-state index is 13.2. The van der Waals surface area contributed by atoms with Crippen molar-refractivity contribution >= 4 is 28.6 Å². The molecule has 0 radical (unpaired) electrons. The Morgan fingerprint density at radius 3 is 2.78 bits per heavy atom. The second-order valence-corrected chi connectivity index (χ2v) is 8.58. The molecule has 0 atom stereocenters. The predicted molar refractivity (Wildman–Crippen MR) is 122 cm³/mol. The number of ether oxygens (including phenoxy) is 2. The first-order valence-electron chi connectivity index (χ1n) is 10.7. The van der Waals surface area contributed by atoms with Crippen LogP contribution in [0.2, 0.25) is 0 Å². The van der Waals surface area contributed by atoms with Crippen LogP contribution in [0, 0.1) is 6.92 Å². The average Bonchev–Trinajstić information content (AvgIpc) is 3.20. The zero-order chi connectivity index (χ0) is 22.5. The molecule has 1 fully saturated rings. The number of rotatable bonds is 8. The van der Waals surface area contributed by atoms with Gasteiger partial charge in [0.2, 0.25) is 0 Å². The summed E-state index contributed by atoms with van der Waals surface area (Å²) in [6, 6.07) is 9.10. The molecule has 1 aliphatic heterocycles. The van der Waals surface area contributed by atoms with E-state index < -0.39 is 5.97 Å². The summed E-state index contributed by atoms with van der Waals surface area (Å²) in [5.74, 6) is 1.18. The van der Waals surface area contributed by atoms with Crippen LogP contribution in [0.4, 0.5) is 0 Å². The number of furan rings is 1. The lowest BCUT2D eigenvalue weighted by Crippen LogP contribution is -2.37. The molecule has 1 aromatic carbocycles. The van der Waals surface area contributed by atoms with Gasteiger partial charge in [-0.1, -0.05) is 23.9 Å². The van der Waals surface area contributed by atoms with Crippen LogP contribution in [0.15, 0.2) is 44.7 Å². The van der Waals surface area contributed by atoms with Gasteiger partial charge in [0.1, 0.15) is 17.1 Å². The minimum absolute atomic E-state index is 0.0362. The number of carbonyl (C=O) groups excluding carboxylic acids is 1. The number of morpholine rings is 1. The van der Waals surface area contributed by atoms with Gasteiger partial charge in [0.05, 0.1) is 37.0 Å². The van der Waals surface area contributed by atoms with Gasteiger partial charge in [0.15, 0.2) is 5.16 Å². The van der Waals surface area contributed by atoms with E-state index in [0.29, 0.717) is 45.4 Å². The normalized spacial score (nSPS) is 14.7. The van der Waals surface area contributed by atoms with E-state index in [1.54, 1.807) is 17.6 Å². The fraction of sp³-hybridized carbons (Fsp3) is 0.435. The lowest BCUT2D eigenvalue weighted by Gasteiger charge is -2.26. The summed E-state index contributed by atoms with van der Waals surface area (Å²) in [5.41, 5.74) is 1.05. The fourth-order valence-corrected chi connectivity index (χ4v) is 4.70. The Morgan fingerprint density at radius 1 is 1.22 bits per heavy atom. The van der Waals surface area contributed by atoms with Crippen molar-refractivity contribution in [3.63, 3.8) is 0 Å². The Morgan fingerprint density at radius 2 is 2.00 bits per heavy atom. The van der Waals surface area contributed by atoms with E-state index in [9.17, 15) is 9.59 Å². The van der Waals surface area contributed by atoms with E-state index in [2.05, 4.69) is 4.90 Å². The van der Waals surface area contributed by atoms with E-state index in [4.69, 9.17) is 18.9 Å². The van der Waals surface area contributed by atoms with Crippen LogP contribution in [0.25, 0.3) is 10.9 Å². The third-order valence-electron chi connectivity index (χ3n) is 5.50. The SMILES string of the molecule is COC(=O)c1cc(CSc2nc3ccccc3c(=O)n2CCCN2CCOCC2)oc1C. The molecule has 0 unspecified atom stereocenters. The predicted octanol–water partition coefficient (Wildman–Crippen LogP) is 3.10. The first kappa shape index (κ1) is 22.6. The summed E-state index contributed by atoms with van der Waals surface area (Å²) in [4.78, 5) is 32.2. The largest absolute Gasteiger partial charge is 0.465 e. The number of aryl methyl sites for hydroxylation is 1. The Balaban J connectivity index is 1.54. The lowest BCUT2D eigenvalue weighted by molar-refractivity contribution is 0.0368. The second-order valence-electron chi connectivity index (χ2n) is 7.64. The average molecular weight is 458 g/mol. The van der Waals surface area contributed by atoms with Gasteiger partial charge in [-0.05, 0) is 31.5 Å². The van der Waals surface area contributed by atoms with E-state index in [1.165, 1.54) is 18.9 Å². The second kappa shape index (κ2) is 10.3. The molecule has 0 spiro atoms. The van der Waals surface area contributed by atoms with Crippen molar-refractivity contribution in [1.29, 1.82) is 0 Å². The molecule has 4 rings (SSSR count). The number of hydrogen-bond acceptors (Lipinski definition) is 8. The molecule has 9 heteroatoms. The van der Waals surface area contributed by atoms with Crippen molar-refractivity contribution < 1.29 is 18.7 Å². The highest BCUT2D eigenvalue weighted by Crippen LogP contribution is 2.25. The minimum atomic E-state index is -0.425. The molecule has 1 saturated heterocycles. The number of esters is 1. The molecule has 0 amide bonds. The topological polar surface area (TPSA) is 86.8 Å². The van der Waals surface area contributed by atoms with Gasteiger partial charge in [0.25, 0.3) is 5.56 Å². The van der Waals surface area contributed by atoms with Gasteiger partial charge in [-0.3, -0.25) is 14.3 Å². The van der Waals surface area contributed by atoms with Gasteiger partial charge in [0, 0.05) is 26.2 Å². The van der Waals surface area contributed by atoms with Gasteiger partial charge >= 0.3 is 5.97 Å². The molecule has 0 bridgehead atoms. The third-order valence-corrected chi connectivity index (χ3v) is 6.50. The number of hydrogen-bond donors (Lipinski definition) is 0. The van der Waals surface area contributed by atoms with Gasteiger partial charge < -0.3 is 13.9 Å². The Kier molecular flexibility index (Phi) is 7.29. The van der Waals surface area contributed by atoms with Crippen LogP contribution < -0.4 is 5.56 Å². The first-order valence-corrected chi connectivity index (χ1v) is 11.7. The van der Waals surface area contributed by atoms with Crippen molar-refractivity contribution in [2.24, 2.45) is 0 Å². The highest BCUT2D eigenvalue weighted by atomic mass is 32.2. The number of benzene rings is 1. The number of para-hydroxylation sites is 1. The number of nitrogens with zero attached hydrogens (tertiary/aromatic N) is 3. The quantitative estimate of drug-likeness (QED) is 0.290. The molecule has 3 heterocycles. The van der Waals surface area contributed by atoms with Crippen molar-refractivity contribution in [2.75, 3.05) is 40.0 Å². The maximum Gasteiger partial charge on any atom is 0.341 e. The molecule has 0 saturated carbocycles. The smallest absolute Gasteiger partial charge is 0.341 e. The van der Waals surface area contributed by atoms with Gasteiger partial charge in [-0.25, -0.2) is 9.78 Å². The molecule has 8 nitrogen and oxygen atoms in total. The highest BCUT2D eigenvalue weighted by Gasteiger charge is 2.18. The highest BCUT2D eigenvalue weighted by molar-refractivity contribution is 7.98. The van der Waals surface area contributed by atoms with E-state index in [1.807, 2.05) is 24.3 Å². The molecule has 32 heavy (non-hydrogen) atoms. The van der Waals surface area contributed by atoms with Crippen molar-refractivity contribution in [1.82, 2.24) is 14.5 Å². The molecule has 0 aliphatic carbocycles. The Hall–Kier alpha value is -2.62. The van der Waals surface area contributed by atoms with Crippen LogP contribution in [0.5, 0.6) is 0 Å². The summed E-state index contributed by atoms with van der Waals surface area (Å²) in [5, 5.41) is 1.26. The molecular formula is C23H27N3O5S. The minimum Gasteiger partial charge on any atom is -0.465 e. The first-order chi connectivity index (χ1) is 15.6. The fourth-order valence-electron chi connectivity index (χ4n) is 3.80. The van der Waals surface area contributed by atoms with E-state index >= 15 is 0 Å². The number of carbonyl (C=O) groups is 1. The summed E-state index contributed by atoms with van der Waals surface area (Å²) in [6.07, 6.45) is 0.847. The zero-order valence-corrected chi connectivity index (χ0v) is 19.2. The van der Waals surface area contributed by atoms with Crippen molar-refractivity contribution in [2.45, 2.75) is 30.8 Å². The standard InChI is InChI=1S/C23H27N3O5S/c1-16-19(22(28)29-2)14-17(31-16)15-32-23-24-20-7-4-3-6-18(20)21(27)26(23)9-5-8-25-10-12-30-13-11-25/h3-4,6-7,14H,5,8-13,15H2,1-2H3. The number of methoxy groups -OCH3 is 1. The summed E-state index contributed by atoms with van der Waals surface area (Å²) < 4.78 is 17.7. The summed E-state index contributed by atoms with van der Waals surface area (Å²) in [6.45, 7) is 6.59. The molecule has 1 aliphatic rings. The monoisotopic (exact) mass is 457 g/mol. The molecule has 170 valence electrons. The van der Waals surface area contributed by atoms with E-state index in [-0.39, 0.29) is 5.56 Å². The molecule has 2 aromatic heterocycles. The zero-order valence-electron chi connectivity index (χ0n) is 18.3. The van der Waals surface area contributed by atoms with Crippen molar-refractivity contribution in [3.05, 3.63) is 57.8 Å². The molecule has 0 N–H and O–H groups in total. The molecular weight excluding hydrogens is 430 g/mol. The maximum absolute atomic E-state index is 13.2. The van der Waals surface area contributed by atoms with E-state index in [0.717, 1.165) is 39.3 Å². The summed E-state index contributed by atoms with van der Waals surface area (Å²) >= 11 is 1.43. The Labute approximate surface area is 190 Å². The summed E-state index contributed by atoms with van der Waals surface area (Å²) in [7, 11) is 1.35. The number of fused-ring (bicyclic) bond motifs is 1.